The van der Waals surface area contributed by atoms with Crippen LogP contribution in [0.5, 0.6) is 0 Å². The first-order valence-electron chi connectivity index (χ1n) is 6.33. The molecule has 1 aliphatic rings. The molecular formula is C12H24N2O2. The van der Waals surface area contributed by atoms with E-state index < -0.39 is 0 Å². The van der Waals surface area contributed by atoms with Crippen molar-refractivity contribution >= 4 is 5.91 Å². The minimum Gasteiger partial charge on any atom is -0.381 e. The number of carbonyl (C=O) groups is 1. The summed E-state index contributed by atoms with van der Waals surface area (Å²) in [5, 5.41) is 0. The molecule has 1 rings (SSSR count). The molecular weight excluding hydrogens is 204 g/mol. The second kappa shape index (κ2) is 7.63. The van der Waals surface area contributed by atoms with E-state index in [1.54, 1.807) is 0 Å². The van der Waals surface area contributed by atoms with E-state index in [4.69, 9.17) is 10.5 Å². The van der Waals surface area contributed by atoms with Crippen LogP contribution in [0.1, 0.15) is 32.6 Å². The fourth-order valence-electron chi connectivity index (χ4n) is 2.22. The normalized spacial score (nSPS) is 21.1. The van der Waals surface area contributed by atoms with E-state index in [1.165, 1.54) is 6.42 Å². The molecule has 0 aromatic heterocycles. The number of hydrogen-bond acceptors (Lipinski definition) is 3. The first kappa shape index (κ1) is 13.5. The second-order valence-corrected chi connectivity index (χ2v) is 4.37. The van der Waals surface area contributed by atoms with Crippen LogP contribution in [0, 0.1) is 5.92 Å². The average molecular weight is 228 g/mol. The Morgan fingerprint density at radius 3 is 3.06 bits per heavy atom. The van der Waals surface area contributed by atoms with E-state index in [0.29, 0.717) is 25.6 Å². The molecule has 2 N–H and O–H groups in total. The second-order valence-electron chi connectivity index (χ2n) is 4.37. The van der Waals surface area contributed by atoms with Gasteiger partial charge in [0, 0.05) is 19.7 Å². The molecule has 1 heterocycles. The van der Waals surface area contributed by atoms with Crippen LogP contribution in [0.2, 0.25) is 0 Å². The van der Waals surface area contributed by atoms with E-state index in [2.05, 4.69) is 0 Å². The molecule has 16 heavy (non-hydrogen) atoms. The quantitative estimate of drug-likeness (QED) is 0.690. The molecule has 0 aromatic rings. The van der Waals surface area contributed by atoms with Crippen molar-refractivity contribution in [1.29, 1.82) is 0 Å². The molecule has 0 aromatic carbocycles. The molecule has 4 heteroatoms. The van der Waals surface area contributed by atoms with Gasteiger partial charge in [-0.05, 0) is 38.6 Å². The van der Waals surface area contributed by atoms with Gasteiger partial charge < -0.3 is 15.4 Å². The molecule has 0 radical (unpaired) electrons. The van der Waals surface area contributed by atoms with Crippen LogP contribution in [0.3, 0.4) is 0 Å². The van der Waals surface area contributed by atoms with Gasteiger partial charge in [0.2, 0.25) is 5.91 Å². The van der Waals surface area contributed by atoms with Crippen LogP contribution < -0.4 is 5.73 Å². The fraction of sp³-hybridized carbons (Fsp3) is 0.917. The molecule has 1 amide bonds. The lowest BCUT2D eigenvalue weighted by Gasteiger charge is -2.32. The molecule has 0 saturated carbocycles. The number of amides is 1. The Labute approximate surface area is 98.1 Å². The summed E-state index contributed by atoms with van der Waals surface area (Å²) in [6.45, 7) is 5.71. The number of nitrogens with zero attached hydrogens (tertiary/aromatic N) is 1. The highest BCUT2D eigenvalue weighted by Crippen LogP contribution is 2.19. The molecule has 0 spiro atoms. The van der Waals surface area contributed by atoms with Crippen LogP contribution in [0.15, 0.2) is 0 Å². The van der Waals surface area contributed by atoms with Crippen molar-refractivity contribution in [3.63, 3.8) is 0 Å². The summed E-state index contributed by atoms with van der Waals surface area (Å²) in [4.78, 5) is 13.8. The maximum Gasteiger partial charge on any atom is 0.224 e. The molecule has 94 valence electrons. The minimum absolute atomic E-state index is 0.232. The number of rotatable bonds is 6. The number of carbonyl (C=O) groups excluding carboxylic acids is 1. The van der Waals surface area contributed by atoms with Gasteiger partial charge in [-0.3, -0.25) is 4.79 Å². The van der Waals surface area contributed by atoms with Crippen molar-refractivity contribution in [3.05, 3.63) is 0 Å². The lowest BCUT2D eigenvalue weighted by molar-refractivity contribution is -0.134. The fourth-order valence-corrected chi connectivity index (χ4v) is 2.22. The maximum absolute atomic E-state index is 11.8. The van der Waals surface area contributed by atoms with Gasteiger partial charge >= 0.3 is 0 Å². The highest BCUT2D eigenvalue weighted by atomic mass is 16.5. The van der Waals surface area contributed by atoms with Crippen molar-refractivity contribution in [3.8, 4) is 0 Å². The zero-order valence-corrected chi connectivity index (χ0v) is 10.3. The topological polar surface area (TPSA) is 55.6 Å². The zero-order valence-electron chi connectivity index (χ0n) is 10.3. The van der Waals surface area contributed by atoms with Crippen molar-refractivity contribution in [2.45, 2.75) is 32.6 Å². The number of ether oxygens (including phenoxy) is 1. The summed E-state index contributed by atoms with van der Waals surface area (Å²) in [6.07, 6.45) is 3.88. The van der Waals surface area contributed by atoms with Gasteiger partial charge in [0.1, 0.15) is 0 Å². The zero-order chi connectivity index (χ0) is 11.8. The first-order chi connectivity index (χ1) is 7.77. The van der Waals surface area contributed by atoms with E-state index in [9.17, 15) is 4.79 Å². The highest BCUT2D eigenvalue weighted by Gasteiger charge is 2.22. The predicted molar refractivity (Wildman–Crippen MR) is 64.1 cm³/mol. The molecule has 1 unspecified atom stereocenters. The van der Waals surface area contributed by atoms with Crippen molar-refractivity contribution in [1.82, 2.24) is 4.90 Å². The van der Waals surface area contributed by atoms with Gasteiger partial charge in [0.05, 0.1) is 13.0 Å². The van der Waals surface area contributed by atoms with E-state index in [-0.39, 0.29) is 5.91 Å². The number of nitrogens with two attached hydrogens (primary N) is 1. The molecule has 4 nitrogen and oxygen atoms in total. The monoisotopic (exact) mass is 228 g/mol. The Kier molecular flexibility index (Phi) is 6.42. The Morgan fingerprint density at radius 2 is 2.38 bits per heavy atom. The lowest BCUT2D eigenvalue weighted by atomic mass is 9.95. The number of likely N-dealkylation sites (tertiary alicyclic amines) is 1. The third-order valence-electron chi connectivity index (χ3n) is 3.11. The average Bonchev–Trinajstić information content (AvgIpc) is 2.30. The van der Waals surface area contributed by atoms with Gasteiger partial charge in [-0.25, -0.2) is 0 Å². The highest BCUT2D eigenvalue weighted by molar-refractivity contribution is 5.76. The largest absolute Gasteiger partial charge is 0.381 e. The van der Waals surface area contributed by atoms with Crippen molar-refractivity contribution in [2.24, 2.45) is 11.7 Å². The van der Waals surface area contributed by atoms with Crippen LogP contribution in [-0.2, 0) is 9.53 Å². The summed E-state index contributed by atoms with van der Waals surface area (Å²) < 4.78 is 5.20. The van der Waals surface area contributed by atoms with Gasteiger partial charge in [0.15, 0.2) is 0 Å². The molecule has 0 aliphatic carbocycles. The van der Waals surface area contributed by atoms with Gasteiger partial charge in [-0.2, -0.15) is 0 Å². The van der Waals surface area contributed by atoms with Crippen LogP contribution in [0.25, 0.3) is 0 Å². The Bertz CT molecular complexity index is 207. The van der Waals surface area contributed by atoms with Gasteiger partial charge in [0.25, 0.3) is 0 Å². The number of piperidine rings is 1. The standard InChI is InChI=1S/C12H24N2O2/c1-2-16-9-6-12(15)14-8-3-4-11(10-14)5-7-13/h11H,2-10,13H2,1H3. The Balaban J connectivity index is 2.26. The van der Waals surface area contributed by atoms with Gasteiger partial charge in [-0.1, -0.05) is 0 Å². The summed E-state index contributed by atoms with van der Waals surface area (Å²) in [6, 6.07) is 0. The molecule has 1 aliphatic heterocycles. The van der Waals surface area contributed by atoms with E-state index in [1.807, 2.05) is 11.8 Å². The van der Waals surface area contributed by atoms with Crippen molar-refractivity contribution < 1.29 is 9.53 Å². The molecule has 0 bridgehead atoms. The lowest BCUT2D eigenvalue weighted by Crippen LogP contribution is -2.40. The van der Waals surface area contributed by atoms with Crippen LogP contribution in [-0.4, -0.2) is 43.7 Å². The first-order valence-corrected chi connectivity index (χ1v) is 6.33. The number of hydrogen-bond donors (Lipinski definition) is 1. The summed E-state index contributed by atoms with van der Waals surface area (Å²) >= 11 is 0. The molecule has 1 saturated heterocycles. The smallest absolute Gasteiger partial charge is 0.224 e. The maximum atomic E-state index is 11.8. The van der Waals surface area contributed by atoms with Crippen molar-refractivity contribution in [2.75, 3.05) is 32.8 Å². The third-order valence-corrected chi connectivity index (χ3v) is 3.11. The SMILES string of the molecule is CCOCCC(=O)N1CCCC(CCN)C1. The van der Waals surface area contributed by atoms with Crippen LogP contribution >= 0.6 is 0 Å². The summed E-state index contributed by atoms with van der Waals surface area (Å²) in [5.74, 6) is 0.838. The van der Waals surface area contributed by atoms with Crippen LogP contribution in [0.4, 0.5) is 0 Å². The summed E-state index contributed by atoms with van der Waals surface area (Å²) in [7, 11) is 0. The summed E-state index contributed by atoms with van der Waals surface area (Å²) in [5.41, 5.74) is 5.56. The van der Waals surface area contributed by atoms with E-state index >= 15 is 0 Å². The third kappa shape index (κ3) is 4.49. The molecule has 1 atom stereocenters. The Hall–Kier alpha value is -0.610. The Morgan fingerprint density at radius 1 is 1.56 bits per heavy atom. The van der Waals surface area contributed by atoms with Gasteiger partial charge in [-0.15, -0.1) is 0 Å². The minimum atomic E-state index is 0.232. The van der Waals surface area contributed by atoms with E-state index in [0.717, 1.165) is 32.5 Å². The predicted octanol–water partition coefficient (Wildman–Crippen LogP) is 1.00. The molecule has 1 fully saturated rings.